The summed E-state index contributed by atoms with van der Waals surface area (Å²) >= 11 is 1.56. The van der Waals surface area contributed by atoms with E-state index in [9.17, 15) is 4.39 Å². The Bertz CT molecular complexity index is 1010. The predicted molar refractivity (Wildman–Crippen MR) is 94.8 cm³/mol. The van der Waals surface area contributed by atoms with E-state index >= 15 is 0 Å². The molecule has 1 radical (unpaired) electrons. The summed E-state index contributed by atoms with van der Waals surface area (Å²) in [5.41, 5.74) is 7.83. The van der Waals surface area contributed by atoms with Gasteiger partial charge < -0.3 is 10.5 Å². The molecule has 2 heterocycles. The van der Waals surface area contributed by atoms with Gasteiger partial charge in [-0.15, -0.1) is 11.3 Å². The van der Waals surface area contributed by atoms with Gasteiger partial charge in [-0.2, -0.15) is 0 Å². The molecule has 0 unspecified atom stereocenters. The molecule has 0 amide bonds. The summed E-state index contributed by atoms with van der Waals surface area (Å²) in [6.07, 6.45) is 1.65. The van der Waals surface area contributed by atoms with Crippen LogP contribution < -0.4 is 10.5 Å². The smallest absolute Gasteiger partial charge is 0.167 e. The fraction of sp³-hybridized carbons (Fsp3) is 0. The van der Waals surface area contributed by atoms with Crippen LogP contribution in [0.15, 0.2) is 60.8 Å². The first-order valence-corrected chi connectivity index (χ1v) is 8.10. The molecular formula is C19H12FN2OS. The Kier molecular flexibility index (Phi) is 3.63. The minimum Gasteiger partial charge on any atom is -0.453 e. The highest BCUT2D eigenvalue weighted by molar-refractivity contribution is 7.22. The standard InChI is InChI=1S/C19H12FN2OS/c20-14-10-13(21)6-7-16(14)23-17-8-9-22-15-11-18(24-19(15)17)12-4-2-1-3-5-12/h2-11H,21H2. The Morgan fingerprint density at radius 1 is 1.04 bits per heavy atom. The SMILES string of the molecule is Nc1ccc(Oc2ccnc3cc(-c4cc[c]cc4)sc23)c(F)c1. The molecule has 2 N–H and O–H groups in total. The third-order valence-electron chi connectivity index (χ3n) is 3.55. The molecule has 0 saturated heterocycles. The minimum absolute atomic E-state index is 0.140. The van der Waals surface area contributed by atoms with Crippen LogP contribution >= 0.6 is 11.3 Å². The van der Waals surface area contributed by atoms with Crippen LogP contribution in [0.5, 0.6) is 11.5 Å². The van der Waals surface area contributed by atoms with E-state index in [2.05, 4.69) is 11.1 Å². The van der Waals surface area contributed by atoms with Crippen LogP contribution in [0.1, 0.15) is 0 Å². The van der Waals surface area contributed by atoms with E-state index in [1.807, 2.05) is 30.3 Å². The first-order valence-electron chi connectivity index (χ1n) is 7.28. The van der Waals surface area contributed by atoms with E-state index < -0.39 is 5.82 Å². The van der Waals surface area contributed by atoms with Crippen molar-refractivity contribution in [2.75, 3.05) is 5.73 Å². The van der Waals surface area contributed by atoms with Crippen LogP contribution in [0, 0.1) is 11.9 Å². The lowest BCUT2D eigenvalue weighted by Crippen LogP contribution is -1.91. The number of nitrogens with two attached hydrogens (primary N) is 1. The first-order chi connectivity index (χ1) is 11.7. The van der Waals surface area contributed by atoms with Gasteiger partial charge in [-0.3, -0.25) is 4.98 Å². The molecule has 0 spiro atoms. The van der Waals surface area contributed by atoms with Crippen LogP contribution in [0.25, 0.3) is 20.7 Å². The van der Waals surface area contributed by atoms with Crippen molar-refractivity contribution in [1.29, 1.82) is 0 Å². The van der Waals surface area contributed by atoms with Crippen molar-refractivity contribution in [3.05, 3.63) is 72.7 Å². The molecule has 2 aromatic carbocycles. The topological polar surface area (TPSA) is 48.1 Å². The zero-order chi connectivity index (χ0) is 16.5. The molecule has 3 nitrogen and oxygen atoms in total. The second-order valence-corrected chi connectivity index (χ2v) is 6.27. The Morgan fingerprint density at radius 3 is 2.67 bits per heavy atom. The number of nitrogen functional groups attached to an aromatic ring is 1. The van der Waals surface area contributed by atoms with Crippen LogP contribution in [0.3, 0.4) is 0 Å². The highest BCUT2D eigenvalue weighted by Crippen LogP contribution is 2.39. The first kappa shape index (κ1) is 14.7. The van der Waals surface area contributed by atoms with Gasteiger partial charge in [0.1, 0.15) is 5.75 Å². The van der Waals surface area contributed by atoms with E-state index in [1.54, 1.807) is 29.7 Å². The lowest BCUT2D eigenvalue weighted by molar-refractivity contribution is 0.447. The van der Waals surface area contributed by atoms with Crippen LogP contribution in [0.4, 0.5) is 10.1 Å². The van der Waals surface area contributed by atoms with E-state index in [0.29, 0.717) is 11.4 Å². The molecule has 117 valence electrons. The molecule has 0 atom stereocenters. The lowest BCUT2D eigenvalue weighted by atomic mass is 10.2. The Balaban J connectivity index is 1.77. The van der Waals surface area contributed by atoms with Crippen LogP contribution in [0.2, 0.25) is 0 Å². The molecule has 4 rings (SSSR count). The van der Waals surface area contributed by atoms with E-state index in [0.717, 1.165) is 20.7 Å². The maximum atomic E-state index is 14.0. The van der Waals surface area contributed by atoms with Crippen molar-refractivity contribution in [3.63, 3.8) is 0 Å². The fourth-order valence-corrected chi connectivity index (χ4v) is 3.48. The number of nitrogens with zero attached hydrogens (tertiary/aromatic N) is 1. The second-order valence-electron chi connectivity index (χ2n) is 5.21. The van der Waals surface area contributed by atoms with Gasteiger partial charge in [0.15, 0.2) is 11.6 Å². The number of halogens is 1. The molecule has 0 fully saturated rings. The summed E-state index contributed by atoms with van der Waals surface area (Å²) in [5.74, 6) is 0.221. The second kappa shape index (κ2) is 5.94. The number of thiophene rings is 1. The number of ether oxygens (including phenoxy) is 1. The van der Waals surface area contributed by atoms with Crippen molar-refractivity contribution < 1.29 is 9.13 Å². The Hall–Kier alpha value is -2.92. The zero-order valence-electron chi connectivity index (χ0n) is 12.5. The maximum absolute atomic E-state index is 14.0. The van der Waals surface area contributed by atoms with Gasteiger partial charge in [0.25, 0.3) is 0 Å². The number of fused-ring (bicyclic) bond motifs is 1. The summed E-state index contributed by atoms with van der Waals surface area (Å²) in [5, 5.41) is 0. The summed E-state index contributed by atoms with van der Waals surface area (Å²) in [6.45, 7) is 0. The third-order valence-corrected chi connectivity index (χ3v) is 4.74. The van der Waals surface area contributed by atoms with Gasteiger partial charge >= 0.3 is 0 Å². The molecule has 4 aromatic rings. The third kappa shape index (κ3) is 2.70. The average Bonchev–Trinajstić information content (AvgIpc) is 3.03. The number of benzene rings is 2. The number of hydrogen-bond donors (Lipinski definition) is 1. The maximum Gasteiger partial charge on any atom is 0.167 e. The molecular weight excluding hydrogens is 323 g/mol. The van der Waals surface area contributed by atoms with Gasteiger partial charge in [0.2, 0.25) is 0 Å². The molecule has 0 saturated carbocycles. The largest absolute Gasteiger partial charge is 0.453 e. The number of aromatic nitrogens is 1. The van der Waals surface area contributed by atoms with E-state index in [-0.39, 0.29) is 5.75 Å². The molecule has 0 bridgehead atoms. The van der Waals surface area contributed by atoms with Crippen molar-refractivity contribution in [1.82, 2.24) is 4.98 Å². The highest BCUT2D eigenvalue weighted by Gasteiger charge is 2.12. The number of hydrogen-bond acceptors (Lipinski definition) is 4. The molecule has 2 aromatic heterocycles. The molecule has 0 aliphatic heterocycles. The lowest BCUT2D eigenvalue weighted by Gasteiger charge is -2.07. The zero-order valence-corrected chi connectivity index (χ0v) is 13.3. The normalized spacial score (nSPS) is 10.9. The van der Waals surface area contributed by atoms with Crippen molar-refractivity contribution in [2.24, 2.45) is 0 Å². The van der Waals surface area contributed by atoms with Crippen LogP contribution in [-0.4, -0.2) is 4.98 Å². The van der Waals surface area contributed by atoms with Gasteiger partial charge in [0, 0.05) is 28.9 Å². The average molecular weight is 335 g/mol. The van der Waals surface area contributed by atoms with Crippen molar-refractivity contribution >= 4 is 27.2 Å². The van der Waals surface area contributed by atoms with Gasteiger partial charge in [-0.25, -0.2) is 4.39 Å². The van der Waals surface area contributed by atoms with Gasteiger partial charge in [-0.05, 0) is 29.8 Å². The quantitative estimate of drug-likeness (QED) is 0.518. The molecule has 0 aliphatic rings. The monoisotopic (exact) mass is 335 g/mol. The summed E-state index contributed by atoms with van der Waals surface area (Å²) in [4.78, 5) is 5.44. The van der Waals surface area contributed by atoms with Crippen LogP contribution in [-0.2, 0) is 0 Å². The van der Waals surface area contributed by atoms with Gasteiger partial charge in [-0.1, -0.05) is 24.3 Å². The fourth-order valence-electron chi connectivity index (χ4n) is 2.41. The van der Waals surface area contributed by atoms with Crippen molar-refractivity contribution in [2.45, 2.75) is 0 Å². The Morgan fingerprint density at radius 2 is 1.88 bits per heavy atom. The van der Waals surface area contributed by atoms with Gasteiger partial charge in [0.05, 0.1) is 10.2 Å². The highest BCUT2D eigenvalue weighted by atomic mass is 32.1. The summed E-state index contributed by atoms with van der Waals surface area (Å²) in [7, 11) is 0. The van der Waals surface area contributed by atoms with E-state index in [4.69, 9.17) is 10.5 Å². The predicted octanol–water partition coefficient (Wildman–Crippen LogP) is 5.28. The number of rotatable bonds is 3. The van der Waals surface area contributed by atoms with Crippen molar-refractivity contribution in [3.8, 4) is 21.9 Å². The molecule has 24 heavy (non-hydrogen) atoms. The molecule has 0 aliphatic carbocycles. The summed E-state index contributed by atoms with van der Waals surface area (Å²) in [6, 6.07) is 18.8. The molecule has 5 heteroatoms. The van der Waals surface area contributed by atoms with E-state index in [1.165, 1.54) is 12.1 Å². The summed E-state index contributed by atoms with van der Waals surface area (Å²) < 4.78 is 20.6. The number of anilines is 1. The minimum atomic E-state index is -0.490. The number of pyridine rings is 1. The Labute approximate surface area is 142 Å².